The molecule has 248 valence electrons. The van der Waals surface area contributed by atoms with Gasteiger partial charge in [0.1, 0.15) is 17.7 Å². The summed E-state index contributed by atoms with van der Waals surface area (Å²) in [4.78, 5) is 57.4. The number of allylic oxidation sites excluding steroid dienone is 1. The molecule has 0 aromatic heterocycles. The van der Waals surface area contributed by atoms with Gasteiger partial charge in [-0.15, -0.1) is 6.58 Å². The highest BCUT2D eigenvalue weighted by Crippen LogP contribution is 2.45. The van der Waals surface area contributed by atoms with Crippen molar-refractivity contribution in [2.45, 2.75) is 120 Å². The molecule has 2 aliphatic carbocycles. The number of carbonyl (C=O) groups excluding carboxylic acids is 3. The van der Waals surface area contributed by atoms with Gasteiger partial charge < -0.3 is 25.4 Å². The van der Waals surface area contributed by atoms with E-state index >= 15 is 0 Å². The minimum absolute atomic E-state index is 0.0850. The maximum absolute atomic E-state index is 14.5. The fraction of sp³-hybridized carbons (Fsp3) is 0.611. The number of nitrogens with one attached hydrogen (secondary N) is 2. The number of amides is 3. The molecule has 1 aromatic rings. The number of aliphatic carboxylic acids is 1. The van der Waals surface area contributed by atoms with Gasteiger partial charge in [-0.05, 0) is 68.1 Å². The fourth-order valence-corrected chi connectivity index (χ4v) is 8.01. The minimum Gasteiger partial charge on any atom is -0.479 e. The Labute approximate surface area is 271 Å². The first-order valence-corrected chi connectivity index (χ1v) is 17.2. The maximum Gasteiger partial charge on any atom is 0.410 e. The Balaban J connectivity index is 1.28. The molecule has 1 aromatic carbocycles. The SMILES string of the molecule is C=C[C@@H]1C[C@]1(NC(=O)[C@@H]1C[C@@H]2CN1C(=O)[C@H](C1CCCCC1)NC(C)CCCCC=Cc1cccc3c1CN(C3)C(=O)O2)C(=O)O. The summed E-state index contributed by atoms with van der Waals surface area (Å²) in [5, 5.41) is 16.4. The van der Waals surface area contributed by atoms with Crippen LogP contribution < -0.4 is 10.6 Å². The Morgan fingerprint density at radius 2 is 1.89 bits per heavy atom. The maximum atomic E-state index is 14.5. The highest BCUT2D eigenvalue weighted by Gasteiger charge is 2.61. The average molecular weight is 633 g/mol. The molecule has 6 rings (SSSR count). The van der Waals surface area contributed by atoms with Crippen molar-refractivity contribution in [3.05, 3.63) is 53.6 Å². The zero-order valence-corrected chi connectivity index (χ0v) is 26.9. The molecule has 3 fully saturated rings. The van der Waals surface area contributed by atoms with Crippen molar-refractivity contribution in [2.75, 3.05) is 6.54 Å². The van der Waals surface area contributed by atoms with E-state index in [0.29, 0.717) is 13.1 Å². The second kappa shape index (κ2) is 13.6. The Morgan fingerprint density at radius 3 is 2.63 bits per heavy atom. The predicted molar refractivity (Wildman–Crippen MR) is 173 cm³/mol. The van der Waals surface area contributed by atoms with Crippen LogP contribution in [-0.2, 0) is 32.2 Å². The lowest BCUT2D eigenvalue weighted by molar-refractivity contribution is -0.146. The highest BCUT2D eigenvalue weighted by atomic mass is 16.6. The van der Waals surface area contributed by atoms with Gasteiger partial charge >= 0.3 is 12.1 Å². The topological polar surface area (TPSA) is 128 Å². The third kappa shape index (κ3) is 6.59. The number of benzene rings is 1. The molecule has 0 radical (unpaired) electrons. The highest BCUT2D eigenvalue weighted by molar-refractivity contribution is 5.95. The van der Waals surface area contributed by atoms with Gasteiger partial charge in [0, 0.05) is 24.9 Å². The van der Waals surface area contributed by atoms with Crippen molar-refractivity contribution >= 4 is 30.0 Å². The van der Waals surface area contributed by atoms with Crippen LogP contribution in [0.4, 0.5) is 4.79 Å². The van der Waals surface area contributed by atoms with Crippen LogP contribution in [0, 0.1) is 11.8 Å². The Bertz CT molecular complexity index is 1390. The van der Waals surface area contributed by atoms with E-state index in [1.165, 1.54) is 0 Å². The number of carboxylic acids is 1. The predicted octanol–water partition coefficient (Wildman–Crippen LogP) is 4.77. The van der Waals surface area contributed by atoms with Crippen LogP contribution >= 0.6 is 0 Å². The Kier molecular flexibility index (Phi) is 9.54. The number of fused-ring (bicyclic) bond motifs is 3. The third-order valence-corrected chi connectivity index (χ3v) is 10.8. The summed E-state index contributed by atoms with van der Waals surface area (Å²) in [6.45, 7) is 6.81. The molecule has 10 heteroatoms. The largest absolute Gasteiger partial charge is 0.479 e. The molecule has 2 saturated carbocycles. The Morgan fingerprint density at radius 1 is 1.11 bits per heavy atom. The first-order valence-electron chi connectivity index (χ1n) is 17.2. The molecule has 3 amide bonds. The van der Waals surface area contributed by atoms with E-state index in [0.717, 1.165) is 74.5 Å². The summed E-state index contributed by atoms with van der Waals surface area (Å²) in [6.07, 6.45) is 14.2. The molecule has 1 unspecified atom stereocenters. The van der Waals surface area contributed by atoms with Crippen molar-refractivity contribution in [3.8, 4) is 0 Å². The number of nitrogens with zero attached hydrogens (tertiary/aromatic N) is 2. The van der Waals surface area contributed by atoms with Crippen molar-refractivity contribution < 1.29 is 29.0 Å². The number of carboxylic acid groups (broad SMARTS) is 1. The van der Waals surface area contributed by atoms with E-state index in [1.807, 2.05) is 12.1 Å². The van der Waals surface area contributed by atoms with Crippen molar-refractivity contribution in [2.24, 2.45) is 11.8 Å². The normalized spacial score (nSPS) is 32.2. The summed E-state index contributed by atoms with van der Waals surface area (Å²) in [7, 11) is 0. The van der Waals surface area contributed by atoms with Crippen LogP contribution in [0.15, 0.2) is 36.9 Å². The molecule has 1 saturated heterocycles. The van der Waals surface area contributed by atoms with E-state index in [-0.39, 0.29) is 43.2 Å². The summed E-state index contributed by atoms with van der Waals surface area (Å²) >= 11 is 0. The lowest BCUT2D eigenvalue weighted by atomic mass is 9.82. The van der Waals surface area contributed by atoms with Gasteiger partial charge in [0.25, 0.3) is 0 Å². The molecule has 10 nitrogen and oxygen atoms in total. The van der Waals surface area contributed by atoms with Gasteiger partial charge in [-0.2, -0.15) is 0 Å². The van der Waals surface area contributed by atoms with Crippen LogP contribution in [0.2, 0.25) is 0 Å². The number of hydrogen-bond donors (Lipinski definition) is 3. The van der Waals surface area contributed by atoms with E-state index < -0.39 is 41.7 Å². The van der Waals surface area contributed by atoms with Gasteiger partial charge in [0.05, 0.1) is 19.1 Å². The number of ether oxygens (including phenoxy) is 1. The van der Waals surface area contributed by atoms with Crippen molar-refractivity contribution in [3.63, 3.8) is 0 Å². The lowest BCUT2D eigenvalue weighted by Gasteiger charge is -2.36. The monoisotopic (exact) mass is 632 g/mol. The summed E-state index contributed by atoms with van der Waals surface area (Å²) in [5.41, 5.74) is 1.89. The minimum atomic E-state index is -1.42. The smallest absolute Gasteiger partial charge is 0.410 e. The summed E-state index contributed by atoms with van der Waals surface area (Å²) in [5.74, 6) is -2.05. The molecular weight excluding hydrogens is 584 g/mol. The molecule has 3 N–H and O–H groups in total. The average Bonchev–Trinajstić information content (AvgIpc) is 3.36. The van der Waals surface area contributed by atoms with Crippen LogP contribution in [0.3, 0.4) is 0 Å². The number of rotatable bonds is 5. The second-order valence-electron chi connectivity index (χ2n) is 14.0. The Hall–Kier alpha value is -3.66. The van der Waals surface area contributed by atoms with Gasteiger partial charge in [-0.25, -0.2) is 9.59 Å². The van der Waals surface area contributed by atoms with E-state index in [2.05, 4.69) is 42.4 Å². The molecule has 4 bridgehead atoms. The van der Waals surface area contributed by atoms with E-state index in [4.69, 9.17) is 4.74 Å². The molecule has 6 atom stereocenters. The van der Waals surface area contributed by atoms with Crippen LogP contribution in [0.5, 0.6) is 0 Å². The first kappa shape index (κ1) is 32.3. The standard InChI is InChI=1S/C36H48N4O6/c1-3-27-19-36(27,34(43)44)38-32(41)30-18-28-21-40(30)33(42)31(25-14-9-6-10-15-25)37-23(2)12-7-4-5-8-13-24-16-11-17-26-20-39(22-29(24)26)35(45)46-28/h3,8,11,13,16-17,23,25,27-28,30-31,37H,1,4-7,9-10,12,14-15,18-22H2,2H3,(H,38,41)(H,43,44)/t23?,27-,28-,30+,31+,36-/m1/s1. The molecule has 3 aliphatic heterocycles. The quantitative estimate of drug-likeness (QED) is 0.399. The van der Waals surface area contributed by atoms with E-state index in [1.54, 1.807) is 15.9 Å². The lowest BCUT2D eigenvalue weighted by Crippen LogP contribution is -2.58. The van der Waals surface area contributed by atoms with Gasteiger partial charge in [0.15, 0.2) is 0 Å². The molecule has 0 spiro atoms. The number of carbonyl (C=O) groups is 4. The fourth-order valence-electron chi connectivity index (χ4n) is 8.01. The van der Waals surface area contributed by atoms with Crippen LogP contribution in [0.25, 0.3) is 6.08 Å². The third-order valence-electron chi connectivity index (χ3n) is 10.8. The second-order valence-corrected chi connectivity index (χ2v) is 14.0. The van der Waals surface area contributed by atoms with Gasteiger partial charge in [-0.1, -0.05) is 62.1 Å². The molecule has 46 heavy (non-hydrogen) atoms. The summed E-state index contributed by atoms with van der Waals surface area (Å²) < 4.78 is 6.02. The molecule has 3 heterocycles. The first-order chi connectivity index (χ1) is 22.2. The zero-order valence-electron chi connectivity index (χ0n) is 26.9. The summed E-state index contributed by atoms with van der Waals surface area (Å²) in [6, 6.07) is 4.81. The van der Waals surface area contributed by atoms with Crippen LogP contribution in [-0.4, -0.2) is 75.1 Å². The zero-order chi connectivity index (χ0) is 32.4. The number of hydrogen-bond acceptors (Lipinski definition) is 6. The van der Waals surface area contributed by atoms with E-state index in [9.17, 15) is 24.3 Å². The van der Waals surface area contributed by atoms with Gasteiger partial charge in [0.2, 0.25) is 11.8 Å². The van der Waals surface area contributed by atoms with Crippen molar-refractivity contribution in [1.29, 1.82) is 0 Å². The van der Waals surface area contributed by atoms with Crippen molar-refractivity contribution in [1.82, 2.24) is 20.4 Å². The molecular formula is C36H48N4O6. The molecule has 5 aliphatic rings. The van der Waals surface area contributed by atoms with Gasteiger partial charge in [-0.3, -0.25) is 14.5 Å². The van der Waals surface area contributed by atoms with Crippen LogP contribution in [0.1, 0.15) is 94.2 Å².